The third-order valence-corrected chi connectivity index (χ3v) is 8.78. The third kappa shape index (κ3) is 9.65. The normalized spacial score (nSPS) is 21.1. The quantitative estimate of drug-likeness (QED) is 0.103. The predicted molar refractivity (Wildman–Crippen MR) is 175 cm³/mol. The maximum atomic E-state index is 14.0. The minimum Gasteiger partial charge on any atom is -0.452 e. The molecule has 0 amide bonds. The Kier molecular flexibility index (Phi) is 12.6. The summed E-state index contributed by atoms with van der Waals surface area (Å²) in [4.78, 5) is 53.9. The van der Waals surface area contributed by atoms with Gasteiger partial charge in [-0.15, -0.1) is 0 Å². The van der Waals surface area contributed by atoms with Crippen LogP contribution in [0.25, 0.3) is 0 Å². The summed E-state index contributed by atoms with van der Waals surface area (Å²) in [7, 11) is 0. The molecule has 0 heterocycles. The highest BCUT2D eigenvalue weighted by molar-refractivity contribution is 5.94. The second kappa shape index (κ2) is 16.8. The van der Waals surface area contributed by atoms with Crippen LogP contribution in [0.1, 0.15) is 63.7 Å². The average molecular weight is 869 g/mol. The van der Waals surface area contributed by atoms with Crippen molar-refractivity contribution in [1.82, 2.24) is 0 Å². The lowest BCUT2D eigenvalue weighted by Gasteiger charge is -2.45. The van der Waals surface area contributed by atoms with Crippen LogP contribution in [0.2, 0.25) is 0 Å². The number of rotatable bonds is 8. The number of aliphatic hydroxyl groups excluding tert-OH is 2. The number of halogens is 12. The highest BCUT2D eigenvalue weighted by Crippen LogP contribution is 2.39. The standard InChI is InChI=1S/C38H24F12O10/c39-35(40,41)21-13-5-1-9-17(21)31(53)57-27-25(51)26(52)28(58-32(54)18-10-2-6-14-22(18)36(42,43)44)30(60-34(56)20-12-4-8-16-24(20)38(48,49)50)29(27)59-33(55)19-11-3-7-15-23(19)37(45,46)47/h1-16,25-30,51-52H/t25-,26?,27+,28-,29?,30+/m1/s1. The summed E-state index contributed by atoms with van der Waals surface area (Å²) in [5.41, 5.74) is -12.2. The number of alkyl halides is 12. The van der Waals surface area contributed by atoms with Gasteiger partial charge in [-0.25, -0.2) is 19.2 Å². The van der Waals surface area contributed by atoms with Crippen molar-refractivity contribution in [3.63, 3.8) is 0 Å². The van der Waals surface area contributed by atoms with E-state index in [4.69, 9.17) is 18.9 Å². The molecule has 0 aromatic heterocycles. The number of carbonyl (C=O) groups excluding carboxylic acids is 4. The number of hydrogen-bond acceptors (Lipinski definition) is 10. The number of esters is 4. The van der Waals surface area contributed by atoms with Crippen molar-refractivity contribution in [3.8, 4) is 0 Å². The molecule has 4 aromatic rings. The van der Waals surface area contributed by atoms with Crippen molar-refractivity contribution >= 4 is 23.9 Å². The van der Waals surface area contributed by atoms with Gasteiger partial charge in [-0.2, -0.15) is 52.7 Å². The Bertz CT molecular complexity index is 2090. The molecule has 1 fully saturated rings. The Morgan fingerprint density at radius 1 is 0.350 bits per heavy atom. The van der Waals surface area contributed by atoms with Gasteiger partial charge in [-0.05, 0) is 48.5 Å². The molecule has 320 valence electrons. The molecule has 22 heteroatoms. The van der Waals surface area contributed by atoms with Crippen LogP contribution < -0.4 is 0 Å². The Hall–Kier alpha value is -6.16. The second-order valence-electron chi connectivity index (χ2n) is 12.6. The molecule has 6 atom stereocenters. The van der Waals surface area contributed by atoms with E-state index in [9.17, 15) is 82.1 Å². The molecule has 5 rings (SSSR count). The summed E-state index contributed by atoms with van der Waals surface area (Å²) < 4.78 is 188. The SMILES string of the molecule is O=C(OC1[C@@H](OC(=O)c2ccccc2C(F)(F)F)[C@H](O)C(O)[C@@H](OC(=O)c2ccccc2C(F)(F)F)[C@@H]1OC(=O)c1ccccc1C(F)(F)F)c1ccccc1C(F)(F)F. The molecule has 60 heavy (non-hydrogen) atoms. The first-order valence-corrected chi connectivity index (χ1v) is 16.7. The first-order valence-electron chi connectivity index (χ1n) is 16.7. The zero-order valence-electron chi connectivity index (χ0n) is 29.4. The number of aliphatic hydroxyl groups is 2. The minimum absolute atomic E-state index is 0.357. The molecule has 1 aliphatic carbocycles. The first-order chi connectivity index (χ1) is 27.8. The van der Waals surface area contributed by atoms with Gasteiger partial charge >= 0.3 is 48.6 Å². The van der Waals surface area contributed by atoms with Gasteiger partial charge in [0.1, 0.15) is 12.2 Å². The first kappa shape index (κ1) is 44.9. The van der Waals surface area contributed by atoms with Crippen LogP contribution in [0.4, 0.5) is 52.7 Å². The molecule has 0 aliphatic heterocycles. The Labute approximate surface area is 327 Å². The smallest absolute Gasteiger partial charge is 0.417 e. The van der Waals surface area contributed by atoms with Crippen LogP contribution in [-0.2, 0) is 43.7 Å². The molecular formula is C38H24F12O10. The van der Waals surface area contributed by atoms with E-state index in [2.05, 4.69) is 0 Å². The zero-order chi connectivity index (χ0) is 44.5. The van der Waals surface area contributed by atoms with Gasteiger partial charge in [-0.3, -0.25) is 0 Å². The lowest BCUT2D eigenvalue weighted by atomic mass is 9.83. The monoisotopic (exact) mass is 868 g/mol. The molecule has 2 unspecified atom stereocenters. The van der Waals surface area contributed by atoms with Gasteiger partial charge in [0.2, 0.25) is 0 Å². The van der Waals surface area contributed by atoms with Gasteiger partial charge in [0.15, 0.2) is 24.4 Å². The fraction of sp³-hybridized carbons (Fsp3) is 0.263. The third-order valence-electron chi connectivity index (χ3n) is 8.78. The van der Waals surface area contributed by atoms with Crippen molar-refractivity contribution in [1.29, 1.82) is 0 Å². The largest absolute Gasteiger partial charge is 0.452 e. The van der Waals surface area contributed by atoms with Gasteiger partial charge in [-0.1, -0.05) is 48.5 Å². The predicted octanol–water partition coefficient (Wildman–Crippen LogP) is 7.70. The van der Waals surface area contributed by atoms with Crippen molar-refractivity contribution in [2.24, 2.45) is 0 Å². The fourth-order valence-corrected chi connectivity index (χ4v) is 6.07. The summed E-state index contributed by atoms with van der Waals surface area (Å²) in [6.07, 6.45) is -38.7. The Morgan fingerprint density at radius 2 is 0.533 bits per heavy atom. The summed E-state index contributed by atoms with van der Waals surface area (Å²) in [5.74, 6) is -8.34. The Morgan fingerprint density at radius 3 is 0.733 bits per heavy atom. The van der Waals surface area contributed by atoms with E-state index in [0.29, 0.717) is 48.5 Å². The summed E-state index contributed by atoms with van der Waals surface area (Å²) in [5, 5.41) is 22.6. The summed E-state index contributed by atoms with van der Waals surface area (Å²) in [6, 6.07) is 10.3. The molecule has 1 saturated carbocycles. The highest BCUT2D eigenvalue weighted by atomic mass is 19.4. The van der Waals surface area contributed by atoms with Crippen molar-refractivity contribution in [2.45, 2.75) is 61.3 Å². The highest BCUT2D eigenvalue weighted by Gasteiger charge is 2.58. The van der Waals surface area contributed by atoms with Crippen LogP contribution in [0.15, 0.2) is 97.1 Å². The van der Waals surface area contributed by atoms with Crippen LogP contribution in [0.5, 0.6) is 0 Å². The van der Waals surface area contributed by atoms with E-state index in [1.54, 1.807) is 0 Å². The number of carbonyl (C=O) groups is 4. The van der Waals surface area contributed by atoms with Gasteiger partial charge in [0, 0.05) is 0 Å². The number of hydrogen-bond donors (Lipinski definition) is 2. The van der Waals surface area contributed by atoms with Crippen molar-refractivity contribution in [2.75, 3.05) is 0 Å². The van der Waals surface area contributed by atoms with E-state index in [0.717, 1.165) is 48.5 Å². The molecule has 1 aliphatic rings. The van der Waals surface area contributed by atoms with E-state index in [1.165, 1.54) is 0 Å². The van der Waals surface area contributed by atoms with E-state index in [-0.39, 0.29) is 0 Å². The molecule has 0 radical (unpaired) electrons. The van der Waals surface area contributed by atoms with E-state index in [1.807, 2.05) is 0 Å². The van der Waals surface area contributed by atoms with E-state index >= 15 is 0 Å². The molecule has 10 nitrogen and oxygen atoms in total. The lowest BCUT2D eigenvalue weighted by Crippen LogP contribution is -2.67. The summed E-state index contributed by atoms with van der Waals surface area (Å²) >= 11 is 0. The molecule has 0 saturated heterocycles. The zero-order valence-corrected chi connectivity index (χ0v) is 29.4. The fourth-order valence-electron chi connectivity index (χ4n) is 6.07. The minimum atomic E-state index is -5.33. The van der Waals surface area contributed by atoms with Crippen molar-refractivity contribution < 1.29 is 101 Å². The van der Waals surface area contributed by atoms with Crippen LogP contribution >= 0.6 is 0 Å². The van der Waals surface area contributed by atoms with Gasteiger partial charge in [0.05, 0.1) is 44.5 Å². The molecule has 2 N–H and O–H groups in total. The maximum Gasteiger partial charge on any atom is 0.417 e. The van der Waals surface area contributed by atoms with Crippen LogP contribution in [0.3, 0.4) is 0 Å². The molecule has 0 spiro atoms. The van der Waals surface area contributed by atoms with E-state index < -0.39 is 130 Å². The summed E-state index contributed by atoms with van der Waals surface area (Å²) in [6.45, 7) is 0. The average Bonchev–Trinajstić information content (AvgIpc) is 3.18. The maximum absolute atomic E-state index is 14.0. The number of benzene rings is 4. The van der Waals surface area contributed by atoms with Crippen molar-refractivity contribution in [3.05, 3.63) is 142 Å². The van der Waals surface area contributed by atoms with Crippen LogP contribution in [-0.4, -0.2) is 70.7 Å². The topological polar surface area (TPSA) is 146 Å². The molecule has 4 aromatic carbocycles. The lowest BCUT2D eigenvalue weighted by molar-refractivity contribution is -0.223. The van der Waals surface area contributed by atoms with Gasteiger partial charge < -0.3 is 29.2 Å². The van der Waals surface area contributed by atoms with Gasteiger partial charge in [0.25, 0.3) is 0 Å². The second-order valence-corrected chi connectivity index (χ2v) is 12.6. The Balaban J connectivity index is 1.70. The van der Waals surface area contributed by atoms with Crippen LogP contribution in [0, 0.1) is 0 Å². The molecule has 0 bridgehead atoms. The number of ether oxygens (including phenoxy) is 4. The molecular weight excluding hydrogens is 844 g/mol.